The zero-order chi connectivity index (χ0) is 13.7. The predicted octanol–water partition coefficient (Wildman–Crippen LogP) is 2.59. The van der Waals surface area contributed by atoms with Gasteiger partial charge in [-0.2, -0.15) is 0 Å². The van der Waals surface area contributed by atoms with Gasteiger partial charge in [-0.05, 0) is 24.6 Å². The van der Waals surface area contributed by atoms with Crippen LogP contribution in [0.5, 0.6) is 0 Å². The molecule has 0 spiro atoms. The second kappa shape index (κ2) is 6.96. The van der Waals surface area contributed by atoms with Gasteiger partial charge in [0.2, 0.25) is 0 Å². The van der Waals surface area contributed by atoms with E-state index in [2.05, 4.69) is 36.1 Å². The normalized spacial score (nSPS) is 17.5. The monoisotopic (exact) mass is 279 g/mol. The number of benzene rings is 1. The standard InChI is InChI=1S/C15H21NO2S/c1-3-16(9-8-15(17)18-2)11-13-10-12-6-4-5-7-14(12)19-13/h4-7,13H,3,8-11H2,1-2H3. The number of hydrogen-bond donors (Lipinski definition) is 0. The van der Waals surface area contributed by atoms with E-state index in [0.29, 0.717) is 11.7 Å². The third-order valence-electron chi connectivity index (χ3n) is 3.48. The molecule has 0 fully saturated rings. The molecule has 2 rings (SSSR count). The third kappa shape index (κ3) is 3.98. The lowest BCUT2D eigenvalue weighted by molar-refractivity contribution is -0.140. The summed E-state index contributed by atoms with van der Waals surface area (Å²) in [5.74, 6) is -0.124. The summed E-state index contributed by atoms with van der Waals surface area (Å²) in [6.07, 6.45) is 1.62. The molecule has 1 aromatic carbocycles. The van der Waals surface area contributed by atoms with Crippen LogP contribution >= 0.6 is 11.8 Å². The fraction of sp³-hybridized carbons (Fsp3) is 0.533. The van der Waals surface area contributed by atoms with Crippen LogP contribution in [0.1, 0.15) is 18.9 Å². The maximum absolute atomic E-state index is 11.2. The lowest BCUT2D eigenvalue weighted by atomic mass is 10.1. The van der Waals surface area contributed by atoms with E-state index < -0.39 is 0 Å². The SMILES string of the molecule is CCN(CCC(=O)OC)CC1Cc2ccccc2S1. The molecule has 0 aromatic heterocycles. The van der Waals surface area contributed by atoms with Gasteiger partial charge in [-0.3, -0.25) is 4.79 Å². The van der Waals surface area contributed by atoms with E-state index in [1.165, 1.54) is 17.6 Å². The summed E-state index contributed by atoms with van der Waals surface area (Å²) in [4.78, 5) is 14.9. The first-order valence-electron chi connectivity index (χ1n) is 6.76. The Kier molecular flexibility index (Phi) is 5.28. The van der Waals surface area contributed by atoms with Gasteiger partial charge in [-0.1, -0.05) is 25.1 Å². The van der Waals surface area contributed by atoms with Crippen molar-refractivity contribution in [3.63, 3.8) is 0 Å². The molecule has 0 amide bonds. The van der Waals surface area contributed by atoms with Crippen LogP contribution in [-0.2, 0) is 16.0 Å². The number of hydrogen-bond acceptors (Lipinski definition) is 4. The predicted molar refractivity (Wildman–Crippen MR) is 78.5 cm³/mol. The highest BCUT2D eigenvalue weighted by Crippen LogP contribution is 2.36. The Balaban J connectivity index is 1.82. The summed E-state index contributed by atoms with van der Waals surface area (Å²) in [6, 6.07) is 8.62. The number of carbonyl (C=O) groups is 1. The maximum Gasteiger partial charge on any atom is 0.306 e. The molecule has 0 bridgehead atoms. The minimum absolute atomic E-state index is 0.124. The first-order chi connectivity index (χ1) is 9.22. The van der Waals surface area contributed by atoms with Crippen LogP contribution < -0.4 is 0 Å². The summed E-state index contributed by atoms with van der Waals surface area (Å²) in [5.41, 5.74) is 1.46. The minimum atomic E-state index is -0.124. The number of carbonyl (C=O) groups excluding carboxylic acids is 1. The number of ether oxygens (including phenoxy) is 1. The Morgan fingerprint density at radius 3 is 2.95 bits per heavy atom. The van der Waals surface area contributed by atoms with E-state index in [1.54, 1.807) is 0 Å². The summed E-state index contributed by atoms with van der Waals surface area (Å²) < 4.78 is 4.69. The molecule has 0 radical (unpaired) electrons. The van der Waals surface area contributed by atoms with Crippen molar-refractivity contribution < 1.29 is 9.53 Å². The topological polar surface area (TPSA) is 29.5 Å². The van der Waals surface area contributed by atoms with Crippen molar-refractivity contribution in [2.75, 3.05) is 26.7 Å². The van der Waals surface area contributed by atoms with Gasteiger partial charge in [0.15, 0.2) is 0 Å². The van der Waals surface area contributed by atoms with Crippen LogP contribution in [-0.4, -0.2) is 42.9 Å². The van der Waals surface area contributed by atoms with E-state index in [4.69, 9.17) is 4.74 Å². The second-order valence-electron chi connectivity index (χ2n) is 4.77. The van der Waals surface area contributed by atoms with Gasteiger partial charge in [0, 0.05) is 23.2 Å². The van der Waals surface area contributed by atoms with E-state index in [-0.39, 0.29) is 5.97 Å². The molecule has 0 N–H and O–H groups in total. The van der Waals surface area contributed by atoms with Gasteiger partial charge in [0.1, 0.15) is 0 Å². The molecule has 0 saturated carbocycles. The molecule has 1 heterocycles. The van der Waals surface area contributed by atoms with Crippen molar-refractivity contribution in [1.29, 1.82) is 0 Å². The number of nitrogens with zero attached hydrogens (tertiary/aromatic N) is 1. The molecule has 104 valence electrons. The summed E-state index contributed by atoms with van der Waals surface area (Å²) in [7, 11) is 1.45. The van der Waals surface area contributed by atoms with Gasteiger partial charge in [0.25, 0.3) is 0 Å². The van der Waals surface area contributed by atoms with Gasteiger partial charge in [-0.25, -0.2) is 0 Å². The number of methoxy groups -OCH3 is 1. The smallest absolute Gasteiger partial charge is 0.306 e. The highest BCUT2D eigenvalue weighted by molar-refractivity contribution is 8.00. The number of esters is 1. The van der Waals surface area contributed by atoms with Crippen molar-refractivity contribution >= 4 is 17.7 Å². The first kappa shape index (κ1) is 14.4. The fourth-order valence-electron chi connectivity index (χ4n) is 2.37. The van der Waals surface area contributed by atoms with Crippen LogP contribution in [0.4, 0.5) is 0 Å². The zero-order valence-corrected chi connectivity index (χ0v) is 12.4. The van der Waals surface area contributed by atoms with Crippen molar-refractivity contribution in [3.05, 3.63) is 29.8 Å². The fourth-order valence-corrected chi connectivity index (χ4v) is 3.74. The molecule has 0 saturated heterocycles. The largest absolute Gasteiger partial charge is 0.469 e. The Hall–Kier alpha value is -1.00. The van der Waals surface area contributed by atoms with E-state index >= 15 is 0 Å². The van der Waals surface area contributed by atoms with Crippen molar-refractivity contribution in [2.45, 2.75) is 29.9 Å². The summed E-state index contributed by atoms with van der Waals surface area (Å²) in [6.45, 7) is 4.94. The first-order valence-corrected chi connectivity index (χ1v) is 7.64. The molecular weight excluding hydrogens is 258 g/mol. The van der Waals surface area contributed by atoms with Gasteiger partial charge in [0.05, 0.1) is 13.5 Å². The van der Waals surface area contributed by atoms with Crippen LogP contribution in [0, 0.1) is 0 Å². The summed E-state index contributed by atoms with van der Waals surface area (Å²) in [5, 5.41) is 0.606. The van der Waals surface area contributed by atoms with Crippen molar-refractivity contribution in [3.8, 4) is 0 Å². The highest BCUT2D eigenvalue weighted by Gasteiger charge is 2.23. The average molecular weight is 279 g/mol. The quantitative estimate of drug-likeness (QED) is 0.749. The Bertz CT molecular complexity index is 411. The zero-order valence-electron chi connectivity index (χ0n) is 11.6. The van der Waals surface area contributed by atoms with E-state index in [0.717, 1.165) is 26.1 Å². The Morgan fingerprint density at radius 2 is 2.26 bits per heavy atom. The van der Waals surface area contributed by atoms with Crippen molar-refractivity contribution in [1.82, 2.24) is 4.90 Å². The maximum atomic E-state index is 11.2. The van der Waals surface area contributed by atoms with Crippen LogP contribution in [0.2, 0.25) is 0 Å². The lowest BCUT2D eigenvalue weighted by Gasteiger charge is -2.22. The molecule has 1 aliphatic rings. The van der Waals surface area contributed by atoms with Gasteiger partial charge < -0.3 is 9.64 Å². The molecular formula is C15H21NO2S. The number of fused-ring (bicyclic) bond motifs is 1. The molecule has 3 nitrogen and oxygen atoms in total. The molecule has 4 heteroatoms. The van der Waals surface area contributed by atoms with Crippen LogP contribution in [0.15, 0.2) is 29.2 Å². The van der Waals surface area contributed by atoms with Crippen LogP contribution in [0.3, 0.4) is 0 Å². The molecule has 1 aromatic rings. The Labute approximate surface area is 119 Å². The second-order valence-corrected chi connectivity index (χ2v) is 6.11. The summed E-state index contributed by atoms with van der Waals surface area (Å²) >= 11 is 1.96. The Morgan fingerprint density at radius 1 is 1.47 bits per heavy atom. The van der Waals surface area contributed by atoms with Crippen LogP contribution in [0.25, 0.3) is 0 Å². The van der Waals surface area contributed by atoms with E-state index in [1.807, 2.05) is 11.8 Å². The third-order valence-corrected chi connectivity index (χ3v) is 4.78. The molecule has 19 heavy (non-hydrogen) atoms. The van der Waals surface area contributed by atoms with Crippen molar-refractivity contribution in [2.24, 2.45) is 0 Å². The average Bonchev–Trinajstić information content (AvgIpc) is 2.85. The lowest BCUT2D eigenvalue weighted by Crippen LogP contribution is -2.32. The van der Waals surface area contributed by atoms with E-state index in [9.17, 15) is 4.79 Å². The number of thioether (sulfide) groups is 1. The molecule has 1 atom stereocenters. The number of rotatable bonds is 6. The van der Waals surface area contributed by atoms with Gasteiger partial charge >= 0.3 is 5.97 Å². The highest BCUT2D eigenvalue weighted by atomic mass is 32.2. The molecule has 1 unspecified atom stereocenters. The van der Waals surface area contributed by atoms with Gasteiger partial charge in [-0.15, -0.1) is 11.8 Å². The minimum Gasteiger partial charge on any atom is -0.469 e. The molecule has 0 aliphatic carbocycles. The molecule has 1 aliphatic heterocycles.